The van der Waals surface area contributed by atoms with Crippen molar-refractivity contribution in [1.29, 1.82) is 0 Å². The van der Waals surface area contributed by atoms with Gasteiger partial charge in [-0.15, -0.1) is 0 Å². The van der Waals surface area contributed by atoms with Crippen molar-refractivity contribution in [2.45, 2.75) is 6.92 Å². The Morgan fingerprint density at radius 2 is 1.79 bits per heavy atom. The van der Waals surface area contributed by atoms with Gasteiger partial charge in [0.1, 0.15) is 18.9 Å². The van der Waals surface area contributed by atoms with Crippen LogP contribution in [-0.4, -0.2) is 53.4 Å². The van der Waals surface area contributed by atoms with Crippen molar-refractivity contribution in [1.82, 2.24) is 5.32 Å². The van der Waals surface area contributed by atoms with Gasteiger partial charge in [-0.3, -0.25) is 9.10 Å². The highest BCUT2D eigenvalue weighted by atomic mass is 32.2. The van der Waals surface area contributed by atoms with Gasteiger partial charge in [0.2, 0.25) is 15.9 Å². The minimum absolute atomic E-state index is 0.228. The molecule has 2 aromatic carbocycles. The summed E-state index contributed by atoms with van der Waals surface area (Å²) in [6, 6.07) is 13.3. The van der Waals surface area contributed by atoms with Gasteiger partial charge in [-0.25, -0.2) is 13.2 Å². The molecule has 0 unspecified atom stereocenters. The monoisotopic (exact) mass is 420 g/mol. The molecular formula is C20H24N2O6S. The number of ether oxygens (including phenoxy) is 2. The number of nitrogens with zero attached hydrogens (tertiary/aromatic N) is 1. The van der Waals surface area contributed by atoms with Crippen LogP contribution in [0.2, 0.25) is 0 Å². The number of carbonyl (C=O) groups is 2. The lowest BCUT2D eigenvalue weighted by atomic mass is 10.2. The van der Waals surface area contributed by atoms with Crippen molar-refractivity contribution in [2.75, 3.05) is 37.4 Å². The molecule has 8 nitrogen and oxygen atoms in total. The summed E-state index contributed by atoms with van der Waals surface area (Å²) in [6.07, 6.45) is 1.01. The Labute approximate surface area is 170 Å². The molecule has 0 radical (unpaired) electrons. The molecule has 9 heteroatoms. The van der Waals surface area contributed by atoms with Crippen LogP contribution in [0.1, 0.15) is 15.9 Å². The Balaban J connectivity index is 1.94. The molecule has 1 amide bonds. The van der Waals surface area contributed by atoms with Gasteiger partial charge in [0.15, 0.2) is 0 Å². The number of aryl methyl sites for hydroxylation is 1. The zero-order valence-corrected chi connectivity index (χ0v) is 17.4. The number of benzene rings is 2. The summed E-state index contributed by atoms with van der Waals surface area (Å²) in [5.41, 5.74) is 1.61. The SMILES string of the molecule is COC(=O)c1ccc(N(CC(=O)NCCOc2cccc(C)c2)S(C)(=O)=O)cc1. The Bertz CT molecular complexity index is 957. The second kappa shape index (κ2) is 9.92. The van der Waals surface area contributed by atoms with Gasteiger partial charge < -0.3 is 14.8 Å². The third kappa shape index (κ3) is 6.79. The number of hydrogen-bond acceptors (Lipinski definition) is 6. The van der Waals surface area contributed by atoms with Crippen LogP contribution in [-0.2, 0) is 19.6 Å². The van der Waals surface area contributed by atoms with E-state index in [1.54, 1.807) is 0 Å². The maximum absolute atomic E-state index is 12.2. The molecule has 0 aliphatic rings. The Morgan fingerprint density at radius 3 is 2.38 bits per heavy atom. The van der Waals surface area contributed by atoms with Gasteiger partial charge in [0, 0.05) is 0 Å². The Hall–Kier alpha value is -3.07. The van der Waals surface area contributed by atoms with Crippen LogP contribution >= 0.6 is 0 Å². The number of carbonyl (C=O) groups excluding carboxylic acids is 2. The lowest BCUT2D eigenvalue weighted by molar-refractivity contribution is -0.119. The Morgan fingerprint density at radius 1 is 1.10 bits per heavy atom. The third-order valence-corrected chi connectivity index (χ3v) is 5.09. The van der Waals surface area contributed by atoms with Crippen molar-refractivity contribution in [3.8, 4) is 5.75 Å². The van der Waals surface area contributed by atoms with Crippen LogP contribution in [0, 0.1) is 6.92 Å². The number of methoxy groups -OCH3 is 1. The van der Waals surface area contributed by atoms with E-state index in [9.17, 15) is 18.0 Å². The van der Waals surface area contributed by atoms with E-state index in [1.165, 1.54) is 31.4 Å². The number of amides is 1. The number of sulfonamides is 1. The van der Waals surface area contributed by atoms with E-state index >= 15 is 0 Å². The fraction of sp³-hybridized carbons (Fsp3) is 0.300. The van der Waals surface area contributed by atoms with Crippen LogP contribution in [0.4, 0.5) is 5.69 Å². The number of esters is 1. The fourth-order valence-electron chi connectivity index (χ4n) is 2.53. The molecule has 0 bridgehead atoms. The lowest BCUT2D eigenvalue weighted by Gasteiger charge is -2.22. The smallest absolute Gasteiger partial charge is 0.337 e. The highest BCUT2D eigenvalue weighted by Crippen LogP contribution is 2.18. The van der Waals surface area contributed by atoms with E-state index < -0.39 is 21.9 Å². The first-order valence-electron chi connectivity index (χ1n) is 8.83. The quantitative estimate of drug-likeness (QED) is 0.490. The average Bonchev–Trinajstić information content (AvgIpc) is 2.68. The number of hydrogen-bond donors (Lipinski definition) is 1. The van der Waals surface area contributed by atoms with Gasteiger partial charge in [0.05, 0.1) is 31.2 Å². The minimum atomic E-state index is -3.70. The molecule has 2 rings (SSSR count). The van der Waals surface area contributed by atoms with E-state index in [0.29, 0.717) is 5.75 Å². The van der Waals surface area contributed by atoms with Gasteiger partial charge in [-0.05, 0) is 48.9 Å². The summed E-state index contributed by atoms with van der Waals surface area (Å²) in [7, 11) is -2.45. The summed E-state index contributed by atoms with van der Waals surface area (Å²) < 4.78 is 35.4. The third-order valence-electron chi connectivity index (χ3n) is 3.95. The fourth-order valence-corrected chi connectivity index (χ4v) is 3.39. The van der Waals surface area contributed by atoms with Crippen molar-refractivity contribution in [3.05, 3.63) is 59.7 Å². The first-order valence-corrected chi connectivity index (χ1v) is 10.7. The summed E-state index contributed by atoms with van der Waals surface area (Å²) in [6.45, 7) is 2.04. The number of nitrogens with one attached hydrogen (secondary N) is 1. The summed E-state index contributed by atoms with van der Waals surface area (Å²) in [4.78, 5) is 23.7. The summed E-state index contributed by atoms with van der Waals surface area (Å²) >= 11 is 0. The van der Waals surface area contributed by atoms with Crippen LogP contribution < -0.4 is 14.4 Å². The molecule has 156 valence electrons. The zero-order chi connectivity index (χ0) is 21.4. The standard InChI is InChI=1S/C20H24N2O6S/c1-15-5-4-6-18(13-15)28-12-11-21-19(23)14-22(29(3,25)26)17-9-7-16(8-10-17)20(24)27-2/h4-10,13H,11-12,14H2,1-3H3,(H,21,23). The predicted molar refractivity (Wildman–Crippen MR) is 110 cm³/mol. The second-order valence-electron chi connectivity index (χ2n) is 6.32. The molecule has 0 aliphatic carbocycles. The van der Waals surface area contributed by atoms with Crippen LogP contribution in [0.5, 0.6) is 5.75 Å². The normalized spacial score (nSPS) is 10.9. The van der Waals surface area contributed by atoms with Crippen molar-refractivity contribution < 1.29 is 27.5 Å². The van der Waals surface area contributed by atoms with E-state index in [2.05, 4.69) is 10.1 Å². The molecule has 0 spiro atoms. The van der Waals surface area contributed by atoms with Gasteiger partial charge in [-0.1, -0.05) is 12.1 Å². The molecule has 0 atom stereocenters. The number of rotatable bonds is 9. The zero-order valence-electron chi connectivity index (χ0n) is 16.5. The van der Waals surface area contributed by atoms with Gasteiger partial charge in [-0.2, -0.15) is 0 Å². The summed E-state index contributed by atoms with van der Waals surface area (Å²) in [5.74, 6) is -0.308. The topological polar surface area (TPSA) is 102 Å². The van der Waals surface area contributed by atoms with Crippen LogP contribution in [0.15, 0.2) is 48.5 Å². The number of anilines is 1. The lowest BCUT2D eigenvalue weighted by Crippen LogP contribution is -2.41. The van der Waals surface area contributed by atoms with E-state index in [-0.39, 0.29) is 30.9 Å². The van der Waals surface area contributed by atoms with E-state index in [4.69, 9.17) is 4.74 Å². The van der Waals surface area contributed by atoms with E-state index in [1.807, 2.05) is 31.2 Å². The van der Waals surface area contributed by atoms with Crippen molar-refractivity contribution in [2.24, 2.45) is 0 Å². The van der Waals surface area contributed by atoms with Gasteiger partial charge in [0.25, 0.3) is 0 Å². The molecule has 0 heterocycles. The van der Waals surface area contributed by atoms with E-state index in [0.717, 1.165) is 16.1 Å². The molecule has 0 fully saturated rings. The Kier molecular flexibility index (Phi) is 7.60. The van der Waals surface area contributed by atoms with Crippen molar-refractivity contribution in [3.63, 3.8) is 0 Å². The molecule has 29 heavy (non-hydrogen) atoms. The summed E-state index contributed by atoms with van der Waals surface area (Å²) in [5, 5.41) is 2.63. The highest BCUT2D eigenvalue weighted by Gasteiger charge is 2.21. The highest BCUT2D eigenvalue weighted by molar-refractivity contribution is 7.92. The minimum Gasteiger partial charge on any atom is -0.492 e. The van der Waals surface area contributed by atoms with Crippen LogP contribution in [0.25, 0.3) is 0 Å². The first-order chi connectivity index (χ1) is 13.7. The maximum atomic E-state index is 12.2. The van der Waals surface area contributed by atoms with Crippen LogP contribution in [0.3, 0.4) is 0 Å². The van der Waals surface area contributed by atoms with Gasteiger partial charge >= 0.3 is 5.97 Å². The molecule has 0 aromatic heterocycles. The predicted octanol–water partition coefficient (Wildman–Crippen LogP) is 1.74. The molecule has 1 N–H and O–H groups in total. The molecular weight excluding hydrogens is 396 g/mol. The largest absolute Gasteiger partial charge is 0.492 e. The molecule has 0 saturated carbocycles. The molecule has 0 aliphatic heterocycles. The first kappa shape index (κ1) is 22.2. The van der Waals surface area contributed by atoms with Crippen molar-refractivity contribution >= 4 is 27.6 Å². The maximum Gasteiger partial charge on any atom is 0.337 e. The average molecular weight is 420 g/mol. The molecule has 2 aromatic rings. The second-order valence-corrected chi connectivity index (χ2v) is 8.23. The molecule has 0 saturated heterocycles.